The van der Waals surface area contributed by atoms with Crippen molar-refractivity contribution in [1.29, 1.82) is 0 Å². The van der Waals surface area contributed by atoms with E-state index < -0.39 is 55.6 Å². The normalized spacial score (nSPS) is 24.3. The second-order valence-electron chi connectivity index (χ2n) is 12.2. The van der Waals surface area contributed by atoms with Crippen LogP contribution in [-0.4, -0.2) is 70.1 Å². The van der Waals surface area contributed by atoms with Crippen LogP contribution in [0.3, 0.4) is 0 Å². The predicted molar refractivity (Wildman–Crippen MR) is 172 cm³/mol. The number of nitrogens with two attached hydrogens (primary N) is 1. The lowest BCUT2D eigenvalue weighted by molar-refractivity contribution is -0.189. The fourth-order valence-electron chi connectivity index (χ4n) is 5.56. The lowest BCUT2D eigenvalue weighted by Crippen LogP contribution is -2.54. The maximum Gasteiger partial charge on any atom is 0.459 e. The smallest absolute Gasteiger partial charge is 0.459 e. The molecule has 1 unspecified atom stereocenters. The van der Waals surface area contributed by atoms with Gasteiger partial charge in [0.2, 0.25) is 5.60 Å². The number of benzene rings is 1. The summed E-state index contributed by atoms with van der Waals surface area (Å²) in [7, 11) is -4.36. The number of hydrogen-bond donors (Lipinski definition) is 2. The van der Waals surface area contributed by atoms with Gasteiger partial charge in [0.15, 0.2) is 11.9 Å². The van der Waals surface area contributed by atoms with E-state index in [1.165, 1.54) is 17.8 Å². The van der Waals surface area contributed by atoms with Crippen LogP contribution in [0.1, 0.15) is 65.5 Å². The molecule has 0 bridgehead atoms. The summed E-state index contributed by atoms with van der Waals surface area (Å²) in [6.45, 7) is 5.79. The van der Waals surface area contributed by atoms with Gasteiger partial charge in [-0.15, -0.1) is 0 Å². The van der Waals surface area contributed by atoms with Gasteiger partial charge in [0, 0.05) is 12.8 Å². The van der Waals surface area contributed by atoms with Crippen molar-refractivity contribution in [2.24, 2.45) is 5.92 Å². The number of ether oxygens (including phenoxy) is 4. The van der Waals surface area contributed by atoms with E-state index in [1.807, 2.05) is 0 Å². The molecule has 0 amide bonds. The Bertz CT molecular complexity index is 1670. The van der Waals surface area contributed by atoms with Crippen LogP contribution in [-0.2, 0) is 48.0 Å². The topological polar surface area (TPSA) is 192 Å². The zero-order valence-electron chi connectivity index (χ0n) is 27.5. The first-order valence-electron chi connectivity index (χ1n) is 16.0. The van der Waals surface area contributed by atoms with Crippen molar-refractivity contribution < 1.29 is 46.9 Å². The van der Waals surface area contributed by atoms with Crippen LogP contribution in [0.5, 0.6) is 5.75 Å². The molecule has 0 spiro atoms. The molecule has 2 fully saturated rings. The van der Waals surface area contributed by atoms with Crippen LogP contribution in [0.4, 0.5) is 5.82 Å². The number of nitrogen functional groups attached to an aromatic ring is 1. The molecular formula is C32H42N5O10P. The Morgan fingerprint density at radius 3 is 2.52 bits per heavy atom. The minimum absolute atomic E-state index is 0.00259. The monoisotopic (exact) mass is 687 g/mol. The molecule has 2 aliphatic rings. The molecule has 1 aliphatic heterocycles. The van der Waals surface area contributed by atoms with Gasteiger partial charge in [-0.3, -0.25) is 18.9 Å². The van der Waals surface area contributed by atoms with Crippen LogP contribution in [0.15, 0.2) is 48.8 Å². The third-order valence-corrected chi connectivity index (χ3v) is 10.1. The van der Waals surface area contributed by atoms with Crippen molar-refractivity contribution in [3.63, 3.8) is 0 Å². The second-order valence-corrected chi connectivity index (χ2v) is 13.8. The number of para-hydroxylation sites is 1. The predicted octanol–water partition coefficient (Wildman–Crippen LogP) is 4.10. The highest BCUT2D eigenvalue weighted by Gasteiger charge is 2.64. The van der Waals surface area contributed by atoms with E-state index in [0.29, 0.717) is 17.1 Å². The summed E-state index contributed by atoms with van der Waals surface area (Å²) in [5.41, 5.74) is 3.50. The zero-order valence-corrected chi connectivity index (χ0v) is 28.4. The summed E-state index contributed by atoms with van der Waals surface area (Å²) in [4.78, 5) is 42.8. The number of nitrogens with one attached hydrogen (secondary N) is 1. The van der Waals surface area contributed by atoms with Crippen LogP contribution >= 0.6 is 7.75 Å². The molecular weight excluding hydrogens is 645 g/mol. The summed E-state index contributed by atoms with van der Waals surface area (Å²) in [6.07, 6.45) is 2.98. The highest BCUT2D eigenvalue weighted by molar-refractivity contribution is 7.52. The van der Waals surface area contributed by atoms with Crippen molar-refractivity contribution in [3.05, 3.63) is 54.5 Å². The van der Waals surface area contributed by atoms with Crippen molar-refractivity contribution >= 4 is 37.0 Å². The molecule has 1 saturated carbocycles. The molecule has 1 aliphatic carbocycles. The Labute approximate surface area is 278 Å². The first kappa shape index (κ1) is 35.3. The highest BCUT2D eigenvalue weighted by Crippen LogP contribution is 2.50. The average molecular weight is 688 g/mol. The standard InChI is InChI=1S/C32H42N5O10P/c1-5-26(38)45-30-31(4,43-19-32(30,46-27(39)6-2)25-16-15-24-28(33)34-20-35-37(24)25)18-44-48(41,47-23-13-8-7-9-14-23)36-21(3)29(40)42-17-22-11-10-12-22/h7-9,13-16,20-22,30H,5-6,10-12,17-19H2,1-4H3,(H,36,41)(H2,33,34,35)/t21-,30+,31+,32?,48-/m0/s1. The van der Waals surface area contributed by atoms with Gasteiger partial charge in [-0.1, -0.05) is 38.5 Å². The molecule has 2 aromatic heterocycles. The van der Waals surface area contributed by atoms with Crippen molar-refractivity contribution in [1.82, 2.24) is 19.7 Å². The number of esters is 3. The molecule has 5 rings (SSSR count). The van der Waals surface area contributed by atoms with E-state index in [1.54, 1.807) is 63.2 Å². The number of nitrogens with zero attached hydrogens (tertiary/aromatic N) is 3. The van der Waals surface area contributed by atoms with Gasteiger partial charge in [0.1, 0.15) is 29.2 Å². The molecule has 3 aromatic rings. The van der Waals surface area contributed by atoms with E-state index in [4.69, 9.17) is 33.7 Å². The fraction of sp³-hybridized carbons (Fsp3) is 0.531. The third kappa shape index (κ3) is 7.49. The van der Waals surface area contributed by atoms with Crippen molar-refractivity contribution in [2.75, 3.05) is 25.6 Å². The number of aromatic nitrogens is 3. The van der Waals surface area contributed by atoms with E-state index >= 15 is 0 Å². The van der Waals surface area contributed by atoms with E-state index in [0.717, 1.165) is 19.3 Å². The first-order chi connectivity index (χ1) is 22.9. The Morgan fingerprint density at radius 2 is 1.85 bits per heavy atom. The van der Waals surface area contributed by atoms with Crippen molar-refractivity contribution in [3.8, 4) is 5.75 Å². The van der Waals surface area contributed by atoms with Crippen LogP contribution in [0.25, 0.3) is 5.52 Å². The highest BCUT2D eigenvalue weighted by atomic mass is 31.2. The number of rotatable bonds is 15. The zero-order chi connectivity index (χ0) is 34.5. The van der Waals surface area contributed by atoms with Gasteiger partial charge in [-0.2, -0.15) is 10.2 Å². The fourth-order valence-corrected chi connectivity index (χ4v) is 7.14. The summed E-state index contributed by atoms with van der Waals surface area (Å²) >= 11 is 0. The molecule has 1 aromatic carbocycles. The van der Waals surface area contributed by atoms with E-state index in [-0.39, 0.29) is 37.6 Å². The van der Waals surface area contributed by atoms with Crippen LogP contribution in [0, 0.1) is 5.92 Å². The Hall–Kier alpha value is -4.04. The molecule has 16 heteroatoms. The van der Waals surface area contributed by atoms with Gasteiger partial charge in [0.25, 0.3) is 0 Å². The van der Waals surface area contributed by atoms with Gasteiger partial charge < -0.3 is 29.2 Å². The van der Waals surface area contributed by atoms with Gasteiger partial charge in [0.05, 0.1) is 25.5 Å². The Balaban J connectivity index is 1.47. The average Bonchev–Trinajstić information content (AvgIpc) is 3.60. The Kier molecular flexibility index (Phi) is 10.7. The van der Waals surface area contributed by atoms with Crippen molar-refractivity contribution in [2.45, 2.75) is 83.1 Å². The molecule has 0 radical (unpaired) electrons. The van der Waals surface area contributed by atoms with Gasteiger partial charge in [-0.25, -0.2) is 14.1 Å². The molecule has 3 N–H and O–H groups in total. The number of carbonyl (C=O) groups is 3. The maximum atomic E-state index is 14.4. The SMILES string of the molecule is CCC(=O)O[C@H]1C(OC(=O)CC)(c2ccc3c(N)ncnn23)CO[C@]1(C)CO[P@@](=O)(N[C@@H](C)C(=O)OCC1CCC1)Oc1ccccc1. The largest absolute Gasteiger partial charge is 0.464 e. The maximum absolute atomic E-state index is 14.4. The van der Waals surface area contributed by atoms with Crippen LogP contribution < -0.4 is 15.3 Å². The number of carbonyl (C=O) groups excluding carboxylic acids is 3. The molecule has 260 valence electrons. The number of anilines is 1. The summed E-state index contributed by atoms with van der Waals surface area (Å²) in [5.74, 6) is -1.15. The molecule has 3 heterocycles. The summed E-state index contributed by atoms with van der Waals surface area (Å²) in [6, 6.07) is 10.5. The number of hydrogen-bond acceptors (Lipinski definition) is 13. The van der Waals surface area contributed by atoms with Crippen LogP contribution in [0.2, 0.25) is 0 Å². The lowest BCUT2D eigenvalue weighted by atomic mass is 9.85. The minimum atomic E-state index is -4.36. The molecule has 48 heavy (non-hydrogen) atoms. The molecule has 15 nitrogen and oxygen atoms in total. The van der Waals surface area contributed by atoms with Gasteiger partial charge in [-0.05, 0) is 56.9 Å². The summed E-state index contributed by atoms with van der Waals surface area (Å²) in [5, 5.41) is 6.99. The van der Waals surface area contributed by atoms with E-state index in [2.05, 4.69) is 15.2 Å². The molecule has 1 saturated heterocycles. The van der Waals surface area contributed by atoms with Gasteiger partial charge >= 0.3 is 25.7 Å². The summed E-state index contributed by atoms with van der Waals surface area (Å²) < 4.78 is 51.4. The quantitative estimate of drug-likeness (QED) is 0.132. The minimum Gasteiger partial charge on any atom is -0.464 e. The second kappa shape index (κ2) is 14.6. The first-order valence-corrected chi connectivity index (χ1v) is 17.5. The lowest BCUT2D eigenvalue weighted by Gasteiger charge is -2.38. The Morgan fingerprint density at radius 1 is 1.12 bits per heavy atom. The molecule has 5 atom stereocenters. The number of fused-ring (bicyclic) bond motifs is 1. The third-order valence-electron chi connectivity index (χ3n) is 8.51. The van der Waals surface area contributed by atoms with E-state index in [9.17, 15) is 18.9 Å².